The SMILES string of the molecule is C=CC(=O)N1CCC[C@H](c2cccc3cnc(Nc4ccc(N5CCN(C)CC5)cc4)nc23)C1. The zero-order valence-electron chi connectivity index (χ0n) is 19.8. The van der Waals surface area contributed by atoms with Gasteiger partial charge in [-0.25, -0.2) is 9.97 Å². The average Bonchev–Trinajstić information content (AvgIpc) is 2.89. The maximum absolute atomic E-state index is 12.2. The van der Waals surface area contributed by atoms with E-state index in [0.29, 0.717) is 12.5 Å². The lowest BCUT2D eigenvalue weighted by Gasteiger charge is -2.34. The molecule has 0 aliphatic carbocycles. The molecule has 0 radical (unpaired) electrons. The second kappa shape index (κ2) is 9.81. The maximum atomic E-state index is 12.2. The van der Waals surface area contributed by atoms with Crippen LogP contribution in [0.3, 0.4) is 0 Å². The number of para-hydroxylation sites is 1. The second-order valence-electron chi connectivity index (χ2n) is 9.27. The van der Waals surface area contributed by atoms with Gasteiger partial charge >= 0.3 is 0 Å². The summed E-state index contributed by atoms with van der Waals surface area (Å²) in [6.07, 6.45) is 5.31. The van der Waals surface area contributed by atoms with Crippen LogP contribution in [0.15, 0.2) is 61.3 Å². The van der Waals surface area contributed by atoms with Gasteiger partial charge in [-0.15, -0.1) is 0 Å². The van der Waals surface area contributed by atoms with Crippen molar-refractivity contribution in [1.82, 2.24) is 19.8 Å². The molecule has 2 saturated heterocycles. The average molecular weight is 457 g/mol. The van der Waals surface area contributed by atoms with E-state index in [1.807, 2.05) is 17.2 Å². The second-order valence-corrected chi connectivity index (χ2v) is 9.27. The molecule has 2 aliphatic heterocycles. The van der Waals surface area contributed by atoms with Crippen LogP contribution in [0.25, 0.3) is 10.9 Å². The van der Waals surface area contributed by atoms with Crippen molar-refractivity contribution in [3.63, 3.8) is 0 Å². The Balaban J connectivity index is 1.35. The first kappa shape index (κ1) is 22.3. The van der Waals surface area contributed by atoms with Crippen LogP contribution in [-0.4, -0.2) is 72.0 Å². The van der Waals surface area contributed by atoms with E-state index < -0.39 is 0 Å². The highest BCUT2D eigenvalue weighted by Crippen LogP contribution is 2.32. The van der Waals surface area contributed by atoms with E-state index in [0.717, 1.165) is 62.2 Å². The lowest BCUT2D eigenvalue weighted by molar-refractivity contribution is -0.127. The molecule has 0 spiro atoms. The molecule has 34 heavy (non-hydrogen) atoms. The smallest absolute Gasteiger partial charge is 0.245 e. The Morgan fingerprint density at radius 1 is 1.09 bits per heavy atom. The minimum Gasteiger partial charge on any atom is -0.369 e. The summed E-state index contributed by atoms with van der Waals surface area (Å²) < 4.78 is 0. The number of anilines is 3. The van der Waals surface area contributed by atoms with Gasteiger partial charge in [0.05, 0.1) is 5.52 Å². The minimum absolute atomic E-state index is 0.00180. The molecular weight excluding hydrogens is 424 g/mol. The summed E-state index contributed by atoms with van der Waals surface area (Å²) in [4.78, 5) is 28.3. The Labute approximate surface area is 201 Å². The molecule has 1 N–H and O–H groups in total. The number of amides is 1. The molecule has 2 aromatic carbocycles. The Morgan fingerprint density at radius 3 is 2.65 bits per heavy atom. The zero-order valence-corrected chi connectivity index (χ0v) is 19.8. The fraction of sp³-hybridized carbons (Fsp3) is 0.370. The molecule has 0 bridgehead atoms. The van der Waals surface area contributed by atoms with Crippen molar-refractivity contribution in [1.29, 1.82) is 0 Å². The summed E-state index contributed by atoms with van der Waals surface area (Å²) in [6.45, 7) is 9.42. The number of likely N-dealkylation sites (N-methyl/N-ethyl adjacent to an activating group) is 1. The number of nitrogens with one attached hydrogen (secondary N) is 1. The van der Waals surface area contributed by atoms with Gasteiger partial charge in [0, 0.05) is 68.1 Å². The molecule has 2 aliphatic rings. The van der Waals surface area contributed by atoms with Crippen molar-refractivity contribution in [2.24, 2.45) is 0 Å². The third-order valence-electron chi connectivity index (χ3n) is 6.98. The number of piperazine rings is 1. The van der Waals surface area contributed by atoms with Crippen LogP contribution in [0, 0.1) is 0 Å². The Hall–Kier alpha value is -3.45. The van der Waals surface area contributed by atoms with E-state index in [-0.39, 0.29) is 11.8 Å². The van der Waals surface area contributed by atoms with Gasteiger partial charge in [0.2, 0.25) is 11.9 Å². The predicted molar refractivity (Wildman–Crippen MR) is 138 cm³/mol. The molecule has 0 unspecified atom stereocenters. The first-order chi connectivity index (χ1) is 16.6. The molecule has 176 valence electrons. The van der Waals surface area contributed by atoms with E-state index in [4.69, 9.17) is 4.98 Å². The monoisotopic (exact) mass is 456 g/mol. The van der Waals surface area contributed by atoms with Crippen LogP contribution >= 0.6 is 0 Å². The first-order valence-corrected chi connectivity index (χ1v) is 12.1. The Morgan fingerprint density at radius 2 is 1.88 bits per heavy atom. The molecule has 0 saturated carbocycles. The third kappa shape index (κ3) is 4.75. The number of hydrogen-bond donors (Lipinski definition) is 1. The standard InChI is InChI=1S/C27H32N6O/c1-3-25(34)33-13-5-7-21(19-33)24-8-4-6-20-18-28-27(30-26(20)24)29-22-9-11-23(12-10-22)32-16-14-31(2)15-17-32/h3-4,6,8-12,18,21H,1,5,7,13-17,19H2,2H3,(H,28,29,30)/t21-/m0/s1. The number of benzene rings is 2. The number of rotatable bonds is 5. The van der Waals surface area contributed by atoms with Gasteiger partial charge in [0.15, 0.2) is 0 Å². The van der Waals surface area contributed by atoms with Crippen molar-refractivity contribution in [3.05, 3.63) is 66.9 Å². The van der Waals surface area contributed by atoms with E-state index in [2.05, 4.69) is 70.1 Å². The van der Waals surface area contributed by atoms with Gasteiger partial charge in [-0.3, -0.25) is 4.79 Å². The number of aromatic nitrogens is 2. The highest BCUT2D eigenvalue weighted by atomic mass is 16.2. The fourth-order valence-electron chi connectivity index (χ4n) is 4.98. The van der Waals surface area contributed by atoms with Gasteiger partial charge in [0.1, 0.15) is 0 Å². The lowest BCUT2D eigenvalue weighted by Crippen LogP contribution is -2.44. The number of carbonyl (C=O) groups excluding carboxylic acids is 1. The number of hydrogen-bond acceptors (Lipinski definition) is 6. The molecule has 7 nitrogen and oxygen atoms in total. The number of likely N-dealkylation sites (tertiary alicyclic amines) is 1. The van der Waals surface area contributed by atoms with Crippen LogP contribution in [0.4, 0.5) is 17.3 Å². The van der Waals surface area contributed by atoms with E-state index in [1.54, 1.807) is 0 Å². The van der Waals surface area contributed by atoms with Crippen molar-refractivity contribution < 1.29 is 4.79 Å². The first-order valence-electron chi connectivity index (χ1n) is 12.1. The van der Waals surface area contributed by atoms with Crippen LogP contribution in [0.2, 0.25) is 0 Å². The summed E-state index contributed by atoms with van der Waals surface area (Å²) in [5.41, 5.74) is 4.34. The van der Waals surface area contributed by atoms with Gasteiger partial charge in [-0.2, -0.15) is 0 Å². The van der Waals surface area contributed by atoms with Gasteiger partial charge < -0.3 is 20.0 Å². The highest BCUT2D eigenvalue weighted by molar-refractivity contribution is 5.87. The van der Waals surface area contributed by atoms with Gasteiger partial charge in [0.25, 0.3) is 0 Å². The fourth-order valence-corrected chi connectivity index (χ4v) is 4.98. The number of nitrogens with zero attached hydrogens (tertiary/aromatic N) is 5. The normalized spacial score (nSPS) is 19.3. The predicted octanol–water partition coefficient (Wildman–Crippen LogP) is 4.02. The summed E-state index contributed by atoms with van der Waals surface area (Å²) in [7, 11) is 2.17. The van der Waals surface area contributed by atoms with Gasteiger partial charge in [-0.05, 0) is 55.8 Å². The van der Waals surface area contributed by atoms with E-state index >= 15 is 0 Å². The Bertz CT molecular complexity index is 1170. The molecule has 7 heteroatoms. The van der Waals surface area contributed by atoms with Crippen LogP contribution in [0.1, 0.15) is 24.3 Å². The Kier molecular flexibility index (Phi) is 6.45. The van der Waals surface area contributed by atoms with Crippen molar-refractivity contribution in [2.45, 2.75) is 18.8 Å². The van der Waals surface area contributed by atoms with Crippen molar-refractivity contribution >= 4 is 34.1 Å². The molecule has 1 amide bonds. The number of piperidine rings is 1. The summed E-state index contributed by atoms with van der Waals surface area (Å²) in [5, 5.41) is 4.39. The van der Waals surface area contributed by atoms with E-state index in [1.165, 1.54) is 17.3 Å². The molecule has 1 atom stereocenters. The maximum Gasteiger partial charge on any atom is 0.245 e. The third-order valence-corrected chi connectivity index (χ3v) is 6.98. The van der Waals surface area contributed by atoms with E-state index in [9.17, 15) is 4.79 Å². The minimum atomic E-state index is 0.00180. The summed E-state index contributed by atoms with van der Waals surface area (Å²) in [6, 6.07) is 14.7. The zero-order chi connectivity index (χ0) is 23.5. The highest BCUT2D eigenvalue weighted by Gasteiger charge is 2.25. The lowest BCUT2D eigenvalue weighted by atomic mass is 9.89. The molecule has 3 aromatic rings. The van der Waals surface area contributed by atoms with Crippen LogP contribution in [-0.2, 0) is 4.79 Å². The quantitative estimate of drug-likeness (QED) is 0.585. The molecular formula is C27H32N6O. The van der Waals surface area contributed by atoms with Crippen molar-refractivity contribution in [2.75, 3.05) is 56.5 Å². The molecule has 5 rings (SSSR count). The topological polar surface area (TPSA) is 64.6 Å². The van der Waals surface area contributed by atoms with Crippen LogP contribution in [0.5, 0.6) is 0 Å². The van der Waals surface area contributed by atoms with Crippen LogP contribution < -0.4 is 10.2 Å². The summed E-state index contributed by atoms with van der Waals surface area (Å²) >= 11 is 0. The molecule has 2 fully saturated rings. The number of carbonyl (C=O) groups is 1. The largest absolute Gasteiger partial charge is 0.369 e. The summed E-state index contributed by atoms with van der Waals surface area (Å²) in [5.74, 6) is 0.844. The van der Waals surface area contributed by atoms with Crippen molar-refractivity contribution in [3.8, 4) is 0 Å². The number of fused-ring (bicyclic) bond motifs is 1. The molecule has 1 aromatic heterocycles. The molecule has 3 heterocycles. The van der Waals surface area contributed by atoms with Gasteiger partial charge in [-0.1, -0.05) is 24.8 Å².